The van der Waals surface area contributed by atoms with E-state index in [1.54, 1.807) is 43.6 Å². The van der Waals surface area contributed by atoms with Gasteiger partial charge in [0.15, 0.2) is 0 Å². The molecule has 0 aliphatic heterocycles. The summed E-state index contributed by atoms with van der Waals surface area (Å²) in [5.41, 5.74) is 1.88. The Morgan fingerprint density at radius 1 is 1.09 bits per heavy atom. The molecule has 2 amide bonds. The van der Waals surface area contributed by atoms with Gasteiger partial charge in [0.05, 0.1) is 0 Å². The van der Waals surface area contributed by atoms with Crippen molar-refractivity contribution in [2.24, 2.45) is 7.05 Å². The standard InChI is InChI=1S/C16H17N3O3/c1-11(20)18-14-6-4-13(5-7-14)16(22)17-9-12-3-8-15(21)19(2)10-12/h3-8,10H,9H2,1-2H3,(H,17,22)(H,18,20). The zero-order chi connectivity index (χ0) is 16.1. The third kappa shape index (κ3) is 4.05. The molecule has 1 aromatic heterocycles. The number of carbonyl (C=O) groups excluding carboxylic acids is 2. The first kappa shape index (κ1) is 15.5. The molecule has 0 spiro atoms. The summed E-state index contributed by atoms with van der Waals surface area (Å²) >= 11 is 0. The van der Waals surface area contributed by atoms with Gasteiger partial charge in [0.25, 0.3) is 5.91 Å². The third-order valence-electron chi connectivity index (χ3n) is 3.07. The Hall–Kier alpha value is -2.89. The quantitative estimate of drug-likeness (QED) is 0.892. The zero-order valence-electron chi connectivity index (χ0n) is 12.4. The fourth-order valence-electron chi connectivity index (χ4n) is 1.95. The molecule has 0 aliphatic rings. The average molecular weight is 299 g/mol. The number of anilines is 1. The second kappa shape index (κ2) is 6.71. The van der Waals surface area contributed by atoms with E-state index in [-0.39, 0.29) is 17.4 Å². The molecule has 1 heterocycles. The molecule has 2 N–H and O–H groups in total. The van der Waals surface area contributed by atoms with Gasteiger partial charge in [0, 0.05) is 44.0 Å². The summed E-state index contributed by atoms with van der Waals surface area (Å²) in [5.74, 6) is -0.380. The number of nitrogens with zero attached hydrogens (tertiary/aromatic N) is 1. The van der Waals surface area contributed by atoms with Crippen molar-refractivity contribution >= 4 is 17.5 Å². The van der Waals surface area contributed by atoms with Crippen LogP contribution >= 0.6 is 0 Å². The van der Waals surface area contributed by atoms with E-state index < -0.39 is 0 Å². The molecular weight excluding hydrogens is 282 g/mol. The van der Waals surface area contributed by atoms with Gasteiger partial charge in [-0.1, -0.05) is 6.07 Å². The van der Waals surface area contributed by atoms with Crippen molar-refractivity contribution in [3.05, 3.63) is 64.1 Å². The first-order valence-corrected chi connectivity index (χ1v) is 6.77. The third-order valence-corrected chi connectivity index (χ3v) is 3.07. The number of hydrogen-bond donors (Lipinski definition) is 2. The number of benzene rings is 1. The minimum absolute atomic E-state index is 0.0939. The van der Waals surface area contributed by atoms with Crippen LogP contribution in [0.15, 0.2) is 47.4 Å². The molecule has 2 rings (SSSR count). The number of nitrogens with one attached hydrogen (secondary N) is 2. The maximum atomic E-state index is 12.0. The predicted molar refractivity (Wildman–Crippen MR) is 83.6 cm³/mol. The first-order chi connectivity index (χ1) is 10.5. The van der Waals surface area contributed by atoms with Crippen LogP contribution < -0.4 is 16.2 Å². The van der Waals surface area contributed by atoms with Crippen LogP contribution in [-0.4, -0.2) is 16.4 Å². The summed E-state index contributed by atoms with van der Waals surface area (Å²) < 4.78 is 1.46. The lowest BCUT2D eigenvalue weighted by Crippen LogP contribution is -2.24. The second-order valence-electron chi connectivity index (χ2n) is 4.93. The highest BCUT2D eigenvalue weighted by molar-refractivity contribution is 5.95. The molecule has 0 atom stereocenters. The summed E-state index contributed by atoms with van der Waals surface area (Å²) in [6, 6.07) is 9.76. The number of pyridine rings is 1. The highest BCUT2D eigenvalue weighted by Crippen LogP contribution is 2.09. The molecule has 114 valence electrons. The SMILES string of the molecule is CC(=O)Nc1ccc(C(=O)NCc2ccc(=O)n(C)c2)cc1. The number of rotatable bonds is 4. The Morgan fingerprint density at radius 3 is 2.36 bits per heavy atom. The van der Waals surface area contributed by atoms with Crippen molar-refractivity contribution in [3.8, 4) is 0 Å². The van der Waals surface area contributed by atoms with E-state index in [1.165, 1.54) is 17.6 Å². The van der Waals surface area contributed by atoms with Crippen LogP contribution in [0.3, 0.4) is 0 Å². The number of amides is 2. The number of aromatic nitrogens is 1. The van der Waals surface area contributed by atoms with E-state index >= 15 is 0 Å². The van der Waals surface area contributed by atoms with Gasteiger partial charge in [-0.3, -0.25) is 14.4 Å². The van der Waals surface area contributed by atoms with E-state index in [2.05, 4.69) is 10.6 Å². The maximum absolute atomic E-state index is 12.0. The molecule has 6 heteroatoms. The van der Waals surface area contributed by atoms with Gasteiger partial charge in [0.2, 0.25) is 11.5 Å². The Bertz CT molecular complexity index is 748. The summed E-state index contributed by atoms with van der Waals surface area (Å²) in [6.07, 6.45) is 1.68. The van der Waals surface area contributed by atoms with Crippen LogP contribution in [0.2, 0.25) is 0 Å². The van der Waals surface area contributed by atoms with Gasteiger partial charge in [-0.05, 0) is 29.8 Å². The van der Waals surface area contributed by atoms with Crippen molar-refractivity contribution in [1.29, 1.82) is 0 Å². The van der Waals surface area contributed by atoms with Gasteiger partial charge in [-0.25, -0.2) is 0 Å². The van der Waals surface area contributed by atoms with E-state index in [9.17, 15) is 14.4 Å². The van der Waals surface area contributed by atoms with Crippen LogP contribution in [0.25, 0.3) is 0 Å². The minimum Gasteiger partial charge on any atom is -0.348 e. The smallest absolute Gasteiger partial charge is 0.251 e. The van der Waals surface area contributed by atoms with Crippen LogP contribution in [0.5, 0.6) is 0 Å². The molecule has 2 aromatic rings. The Balaban J connectivity index is 1.98. The Morgan fingerprint density at radius 2 is 1.77 bits per heavy atom. The Labute approximate surface area is 127 Å². The fraction of sp³-hybridized carbons (Fsp3) is 0.188. The molecule has 0 aliphatic carbocycles. The highest BCUT2D eigenvalue weighted by atomic mass is 16.2. The number of hydrogen-bond acceptors (Lipinski definition) is 3. The summed E-state index contributed by atoms with van der Waals surface area (Å²) in [6.45, 7) is 1.76. The lowest BCUT2D eigenvalue weighted by molar-refractivity contribution is -0.114. The topological polar surface area (TPSA) is 80.2 Å². The normalized spacial score (nSPS) is 10.1. The number of carbonyl (C=O) groups is 2. The van der Waals surface area contributed by atoms with Gasteiger partial charge >= 0.3 is 0 Å². The summed E-state index contributed by atoms with van der Waals surface area (Å²) in [5, 5.41) is 5.42. The number of aryl methyl sites for hydroxylation is 1. The van der Waals surface area contributed by atoms with Crippen molar-refractivity contribution in [2.75, 3.05) is 5.32 Å². The highest BCUT2D eigenvalue weighted by Gasteiger charge is 2.06. The van der Waals surface area contributed by atoms with Crippen molar-refractivity contribution in [2.45, 2.75) is 13.5 Å². The van der Waals surface area contributed by atoms with E-state index in [1.807, 2.05) is 0 Å². The first-order valence-electron chi connectivity index (χ1n) is 6.77. The van der Waals surface area contributed by atoms with Crippen LogP contribution in [0.1, 0.15) is 22.8 Å². The van der Waals surface area contributed by atoms with Gasteiger partial charge in [-0.15, -0.1) is 0 Å². The van der Waals surface area contributed by atoms with Crippen LogP contribution in [-0.2, 0) is 18.4 Å². The van der Waals surface area contributed by atoms with Crippen molar-refractivity contribution in [3.63, 3.8) is 0 Å². The second-order valence-corrected chi connectivity index (χ2v) is 4.93. The molecular formula is C16H17N3O3. The average Bonchev–Trinajstić information content (AvgIpc) is 2.48. The van der Waals surface area contributed by atoms with Gasteiger partial charge < -0.3 is 15.2 Å². The fourth-order valence-corrected chi connectivity index (χ4v) is 1.95. The Kier molecular flexibility index (Phi) is 4.73. The van der Waals surface area contributed by atoms with Crippen molar-refractivity contribution in [1.82, 2.24) is 9.88 Å². The van der Waals surface area contributed by atoms with Gasteiger partial charge in [0.1, 0.15) is 0 Å². The molecule has 0 bridgehead atoms. The van der Waals surface area contributed by atoms with E-state index in [0.717, 1.165) is 5.56 Å². The molecule has 0 unspecified atom stereocenters. The summed E-state index contributed by atoms with van der Waals surface area (Å²) in [7, 11) is 1.66. The van der Waals surface area contributed by atoms with Crippen LogP contribution in [0, 0.1) is 0 Å². The van der Waals surface area contributed by atoms with Crippen molar-refractivity contribution < 1.29 is 9.59 Å². The van der Waals surface area contributed by atoms with Crippen LogP contribution in [0.4, 0.5) is 5.69 Å². The molecule has 0 saturated heterocycles. The molecule has 1 aromatic carbocycles. The van der Waals surface area contributed by atoms with E-state index in [0.29, 0.717) is 17.8 Å². The molecule has 0 saturated carbocycles. The summed E-state index contributed by atoms with van der Waals surface area (Å²) in [4.78, 5) is 34.2. The molecule has 6 nitrogen and oxygen atoms in total. The molecule has 0 fully saturated rings. The largest absolute Gasteiger partial charge is 0.348 e. The lowest BCUT2D eigenvalue weighted by atomic mass is 10.2. The van der Waals surface area contributed by atoms with E-state index in [4.69, 9.17) is 0 Å². The van der Waals surface area contributed by atoms with Gasteiger partial charge in [-0.2, -0.15) is 0 Å². The monoisotopic (exact) mass is 299 g/mol. The predicted octanol–water partition coefficient (Wildman–Crippen LogP) is 1.27. The zero-order valence-corrected chi connectivity index (χ0v) is 12.4. The minimum atomic E-state index is -0.219. The molecule has 0 radical (unpaired) electrons. The lowest BCUT2D eigenvalue weighted by Gasteiger charge is -2.07. The maximum Gasteiger partial charge on any atom is 0.251 e. The molecule has 22 heavy (non-hydrogen) atoms.